The lowest BCUT2D eigenvalue weighted by Crippen LogP contribution is -2.29. The molecule has 1 aliphatic carbocycles. The summed E-state index contributed by atoms with van der Waals surface area (Å²) in [6.07, 6.45) is -2.16. The Morgan fingerprint density at radius 2 is 2.10 bits per heavy atom. The van der Waals surface area contributed by atoms with Crippen molar-refractivity contribution in [3.05, 3.63) is 41.9 Å². The molecule has 7 nitrogen and oxygen atoms in total. The van der Waals surface area contributed by atoms with Crippen LogP contribution in [0.3, 0.4) is 0 Å². The highest BCUT2D eigenvalue weighted by atomic mass is 19.4. The van der Waals surface area contributed by atoms with Crippen molar-refractivity contribution in [1.82, 2.24) is 14.8 Å². The predicted molar refractivity (Wildman–Crippen MR) is 102 cm³/mol. The van der Waals surface area contributed by atoms with Gasteiger partial charge in [0, 0.05) is 35.4 Å². The Hall–Kier alpha value is -3.14. The Kier molecular flexibility index (Phi) is 4.58. The van der Waals surface area contributed by atoms with Gasteiger partial charge < -0.3 is 15.6 Å². The first kappa shape index (κ1) is 18.9. The predicted octanol–water partition coefficient (Wildman–Crippen LogP) is 3.17. The van der Waals surface area contributed by atoms with Crippen molar-refractivity contribution in [2.45, 2.75) is 25.0 Å². The van der Waals surface area contributed by atoms with E-state index < -0.39 is 29.5 Å². The van der Waals surface area contributed by atoms with Crippen LogP contribution >= 0.6 is 0 Å². The molecule has 0 unspecified atom stereocenters. The van der Waals surface area contributed by atoms with E-state index in [2.05, 4.69) is 10.1 Å². The Morgan fingerprint density at radius 1 is 1.37 bits per heavy atom. The molecule has 4 rings (SSSR count). The molecule has 2 heterocycles. The number of primary amides is 1. The average molecular weight is 421 g/mol. The summed E-state index contributed by atoms with van der Waals surface area (Å²) in [5, 5.41) is 14.3. The standard InChI is InChI=1S/C20H19F3N4O3/c1-30-16-7-15-11(8-27(26-15)12-4-10(5-12)9-28)6-14(16)13-2-3-17(20(21,22)23)25-18(13)19(24)29/h2-3,6-8,10,12,28H,4-5,9H2,1H3,(H2,24,29)/i12D. The van der Waals surface area contributed by atoms with Gasteiger partial charge in [-0.15, -0.1) is 0 Å². The maximum absolute atomic E-state index is 13.0. The van der Waals surface area contributed by atoms with E-state index in [0.717, 1.165) is 12.1 Å². The molecule has 3 N–H and O–H groups in total. The fourth-order valence-corrected chi connectivity index (χ4v) is 3.54. The van der Waals surface area contributed by atoms with Crippen LogP contribution in [0.4, 0.5) is 13.2 Å². The lowest BCUT2D eigenvalue weighted by Gasteiger charge is -2.33. The summed E-state index contributed by atoms with van der Waals surface area (Å²) >= 11 is 0. The minimum atomic E-state index is -4.73. The molecule has 1 saturated carbocycles. The quantitative estimate of drug-likeness (QED) is 0.659. The number of hydrogen-bond donors (Lipinski definition) is 2. The second-order valence-corrected chi connectivity index (χ2v) is 7.16. The van der Waals surface area contributed by atoms with Gasteiger partial charge in [0.25, 0.3) is 5.91 Å². The third-order valence-electron chi connectivity index (χ3n) is 5.17. The molecule has 1 amide bonds. The van der Waals surface area contributed by atoms with Crippen molar-refractivity contribution in [1.29, 1.82) is 0 Å². The summed E-state index contributed by atoms with van der Waals surface area (Å²) < 4.78 is 54.6. The Morgan fingerprint density at radius 3 is 2.70 bits per heavy atom. The zero-order valence-electron chi connectivity index (χ0n) is 16.9. The number of halogens is 3. The van der Waals surface area contributed by atoms with Crippen LogP contribution in [0.25, 0.3) is 22.0 Å². The maximum atomic E-state index is 13.0. The molecule has 158 valence electrons. The largest absolute Gasteiger partial charge is 0.496 e. The first-order valence-corrected chi connectivity index (χ1v) is 9.13. The third kappa shape index (κ3) is 3.47. The van der Waals surface area contributed by atoms with Crippen LogP contribution in [-0.4, -0.2) is 39.5 Å². The number of hydrogen-bond acceptors (Lipinski definition) is 5. The van der Waals surface area contributed by atoms with Crippen molar-refractivity contribution < 1.29 is 29.2 Å². The number of nitrogens with two attached hydrogens (primary N) is 1. The van der Waals surface area contributed by atoms with E-state index in [1.165, 1.54) is 11.8 Å². The van der Waals surface area contributed by atoms with Crippen LogP contribution in [0.2, 0.25) is 0 Å². The Balaban J connectivity index is 1.83. The highest BCUT2D eigenvalue weighted by Crippen LogP contribution is 2.40. The molecule has 0 spiro atoms. The lowest BCUT2D eigenvalue weighted by molar-refractivity contribution is -0.141. The summed E-state index contributed by atoms with van der Waals surface area (Å²) in [5.41, 5.74) is 4.49. The fourth-order valence-electron chi connectivity index (χ4n) is 3.54. The van der Waals surface area contributed by atoms with Gasteiger partial charge in [-0.25, -0.2) is 4.98 Å². The third-order valence-corrected chi connectivity index (χ3v) is 5.17. The molecule has 10 heteroatoms. The Bertz CT molecular complexity index is 1170. The smallest absolute Gasteiger partial charge is 0.433 e. The van der Waals surface area contributed by atoms with Gasteiger partial charge in [0.15, 0.2) is 0 Å². The maximum Gasteiger partial charge on any atom is 0.433 e. The van der Waals surface area contributed by atoms with Gasteiger partial charge in [-0.1, -0.05) is 0 Å². The minimum Gasteiger partial charge on any atom is -0.496 e. The molecule has 0 aliphatic heterocycles. The number of rotatable bonds is 5. The van der Waals surface area contributed by atoms with E-state index >= 15 is 0 Å². The SMILES string of the molecule is [2H]C1(n2cc3cc(-c4ccc(C(F)(F)F)nc4C(N)=O)c(OC)cc3n2)CC(CO)C1. The van der Waals surface area contributed by atoms with Crippen LogP contribution < -0.4 is 10.5 Å². The van der Waals surface area contributed by atoms with Crippen LogP contribution in [0.15, 0.2) is 30.5 Å². The summed E-state index contributed by atoms with van der Waals surface area (Å²) in [5.74, 6) is -0.789. The summed E-state index contributed by atoms with van der Waals surface area (Å²) in [6, 6.07) is 4.12. The van der Waals surface area contributed by atoms with Crippen LogP contribution in [0, 0.1) is 5.92 Å². The number of aliphatic hydroxyl groups is 1. The Labute approximate surface area is 170 Å². The molecule has 0 bridgehead atoms. The number of nitrogens with zero attached hydrogens (tertiary/aromatic N) is 3. The number of pyridine rings is 1. The van der Waals surface area contributed by atoms with Crippen LogP contribution in [0.1, 0.15) is 36.4 Å². The number of aromatic nitrogens is 3. The van der Waals surface area contributed by atoms with Gasteiger partial charge in [-0.05, 0) is 37.0 Å². The van der Waals surface area contributed by atoms with E-state index in [9.17, 15) is 23.1 Å². The molecule has 0 radical (unpaired) electrons. The number of alkyl halides is 3. The molecule has 0 saturated heterocycles. The number of ether oxygens (including phenoxy) is 1. The summed E-state index contributed by atoms with van der Waals surface area (Å²) in [6.45, 7) is 0.0101. The van der Waals surface area contributed by atoms with Crippen molar-refractivity contribution in [3.8, 4) is 16.9 Å². The number of benzene rings is 1. The number of carbonyl (C=O) groups is 1. The van der Waals surface area contributed by atoms with E-state index in [1.54, 1.807) is 18.3 Å². The van der Waals surface area contributed by atoms with E-state index in [4.69, 9.17) is 11.8 Å². The second-order valence-electron chi connectivity index (χ2n) is 7.16. The molecule has 2 aromatic heterocycles. The van der Waals surface area contributed by atoms with E-state index in [-0.39, 0.29) is 23.8 Å². The lowest BCUT2D eigenvalue weighted by atomic mass is 9.81. The molecular formula is C20H19F3N4O3. The van der Waals surface area contributed by atoms with Gasteiger partial charge in [0.2, 0.25) is 0 Å². The monoisotopic (exact) mass is 421 g/mol. The second kappa shape index (κ2) is 7.28. The normalized spacial score (nSPS) is 21.9. The van der Waals surface area contributed by atoms with Gasteiger partial charge in [-0.2, -0.15) is 18.3 Å². The zero-order chi connectivity index (χ0) is 22.6. The van der Waals surface area contributed by atoms with Crippen LogP contribution in [0.5, 0.6) is 5.75 Å². The minimum absolute atomic E-state index is 0.0101. The highest BCUT2D eigenvalue weighted by molar-refractivity contribution is 6.00. The van der Waals surface area contributed by atoms with Gasteiger partial charge >= 0.3 is 6.18 Å². The van der Waals surface area contributed by atoms with E-state index in [1.807, 2.05) is 0 Å². The van der Waals surface area contributed by atoms with Gasteiger partial charge in [0.05, 0.1) is 20.0 Å². The number of fused-ring (bicyclic) bond motifs is 1. The first-order valence-electron chi connectivity index (χ1n) is 9.63. The van der Waals surface area contributed by atoms with Crippen molar-refractivity contribution in [3.63, 3.8) is 0 Å². The molecule has 1 aromatic carbocycles. The number of amides is 1. The molecule has 3 aromatic rings. The number of methoxy groups -OCH3 is 1. The zero-order valence-corrected chi connectivity index (χ0v) is 15.9. The van der Waals surface area contributed by atoms with Gasteiger partial charge in [-0.3, -0.25) is 9.48 Å². The number of carbonyl (C=O) groups excluding carboxylic acids is 1. The molecule has 0 atom stereocenters. The number of aliphatic hydroxyl groups excluding tert-OH is 1. The molecule has 1 aliphatic rings. The average Bonchev–Trinajstić information content (AvgIpc) is 3.12. The van der Waals surface area contributed by atoms with Gasteiger partial charge in [0.1, 0.15) is 17.1 Å². The first-order chi connectivity index (χ1) is 14.6. The molecule has 1 fully saturated rings. The topological polar surface area (TPSA) is 103 Å². The van der Waals surface area contributed by atoms with Crippen LogP contribution in [-0.2, 0) is 6.18 Å². The van der Waals surface area contributed by atoms with Crippen molar-refractivity contribution >= 4 is 16.8 Å². The summed E-state index contributed by atoms with van der Waals surface area (Å²) in [7, 11) is 1.38. The molecule has 30 heavy (non-hydrogen) atoms. The summed E-state index contributed by atoms with van der Waals surface area (Å²) in [4.78, 5) is 15.3. The molecular weight excluding hydrogens is 401 g/mol. The highest BCUT2D eigenvalue weighted by Gasteiger charge is 2.34. The van der Waals surface area contributed by atoms with Crippen molar-refractivity contribution in [2.75, 3.05) is 13.7 Å². The van der Waals surface area contributed by atoms with Crippen molar-refractivity contribution in [2.24, 2.45) is 11.7 Å². The van der Waals surface area contributed by atoms with E-state index in [0.29, 0.717) is 29.3 Å². The fraction of sp³-hybridized carbons (Fsp3) is 0.350.